The monoisotopic (exact) mass is 344 g/mol. The van der Waals surface area contributed by atoms with Gasteiger partial charge in [0.1, 0.15) is 0 Å². The van der Waals surface area contributed by atoms with Crippen LogP contribution in [0.15, 0.2) is 0 Å². The smallest absolute Gasteiger partial charge is 0.870 e. The Labute approximate surface area is 116 Å². The molecule has 0 saturated carbocycles. The summed E-state index contributed by atoms with van der Waals surface area (Å²) >= 11 is 0. The molecule has 0 amide bonds. The van der Waals surface area contributed by atoms with Gasteiger partial charge in [0.25, 0.3) is 0 Å². The van der Waals surface area contributed by atoms with Crippen LogP contribution in [0.2, 0.25) is 0 Å². The minimum Gasteiger partial charge on any atom is -0.870 e. The van der Waals surface area contributed by atoms with E-state index in [2.05, 4.69) is 0 Å². The summed E-state index contributed by atoms with van der Waals surface area (Å²) in [5.74, 6) is 0. The van der Waals surface area contributed by atoms with E-state index in [0.29, 0.717) is 0 Å². The van der Waals surface area contributed by atoms with Gasteiger partial charge < -0.3 is 21.9 Å². The third kappa shape index (κ3) is 48.9. The molecule has 0 aliphatic rings. The Morgan fingerprint density at radius 1 is 0.571 bits per heavy atom. The molecule has 0 heterocycles. The second kappa shape index (κ2) is 63.8. The van der Waals surface area contributed by atoms with Crippen LogP contribution < -0.4 is 0 Å². The summed E-state index contributed by atoms with van der Waals surface area (Å²) in [5, 5.41) is 0. The van der Waals surface area contributed by atoms with Gasteiger partial charge in [0.2, 0.25) is 0 Å². The molecule has 0 saturated heterocycles. The molecule has 0 atom stereocenters. The van der Waals surface area contributed by atoms with Crippen LogP contribution in [-0.2, 0) is 47.9 Å². The van der Waals surface area contributed by atoms with E-state index in [1.54, 1.807) is 0 Å². The first kappa shape index (κ1) is 89.7. The molecule has 7 heavy (non-hydrogen) atoms. The van der Waals surface area contributed by atoms with Crippen molar-refractivity contribution in [1.29, 1.82) is 0 Å². The SMILES string of the molecule is [Ba+2].[OH-].[OH-].[OH-].[OH-].[Ti].[Zr+2]. The fraction of sp³-hybridized carbons (Fsp3) is 0. The van der Waals surface area contributed by atoms with Gasteiger partial charge >= 0.3 is 75.1 Å². The van der Waals surface area contributed by atoms with Crippen LogP contribution in [0.4, 0.5) is 0 Å². The van der Waals surface area contributed by atoms with Crippen molar-refractivity contribution < 1.29 is 69.8 Å². The summed E-state index contributed by atoms with van der Waals surface area (Å²) < 4.78 is 0. The van der Waals surface area contributed by atoms with Crippen LogP contribution in [-0.4, -0.2) is 70.8 Å². The van der Waals surface area contributed by atoms with E-state index in [-0.39, 0.29) is 119 Å². The van der Waals surface area contributed by atoms with E-state index >= 15 is 0 Å². The van der Waals surface area contributed by atoms with Crippen molar-refractivity contribution in [3.63, 3.8) is 0 Å². The summed E-state index contributed by atoms with van der Waals surface area (Å²) in [6.45, 7) is 0. The van der Waals surface area contributed by atoms with E-state index in [0.717, 1.165) is 0 Å². The van der Waals surface area contributed by atoms with Crippen LogP contribution >= 0.6 is 0 Å². The normalized spacial score (nSPS) is 0. The van der Waals surface area contributed by atoms with E-state index < -0.39 is 0 Å². The van der Waals surface area contributed by atoms with Gasteiger partial charge in [-0.25, -0.2) is 0 Å². The molecule has 0 aromatic rings. The molecule has 0 aliphatic heterocycles. The maximum atomic E-state index is 0. The molecular weight excluding hydrogens is 340 g/mol. The number of hydrogen-bond donors (Lipinski definition) is 0. The molecule has 0 aliphatic carbocycles. The second-order valence-corrected chi connectivity index (χ2v) is 0. The van der Waals surface area contributed by atoms with Gasteiger partial charge in [-0.15, -0.1) is 0 Å². The van der Waals surface area contributed by atoms with Crippen molar-refractivity contribution in [3.8, 4) is 0 Å². The van der Waals surface area contributed by atoms with Crippen molar-refractivity contribution in [2.75, 3.05) is 0 Å². The third-order valence-electron chi connectivity index (χ3n) is 0. The summed E-state index contributed by atoms with van der Waals surface area (Å²) in [6, 6.07) is 0. The topological polar surface area (TPSA) is 120 Å². The molecule has 0 radical (unpaired) electrons. The number of rotatable bonds is 0. The number of hydrogen-bond acceptors (Lipinski definition) is 4. The standard InChI is InChI=1S/Ba.4H2O.Ti.Zr/h;4*1H2;;/q+2;;;;;;+2/p-4. The van der Waals surface area contributed by atoms with Gasteiger partial charge in [0, 0.05) is 21.7 Å². The molecule has 0 fully saturated rings. The molecular formula is H4BaO4TiZr. The van der Waals surface area contributed by atoms with E-state index in [1.807, 2.05) is 0 Å². The summed E-state index contributed by atoms with van der Waals surface area (Å²) in [6.07, 6.45) is 0. The van der Waals surface area contributed by atoms with Crippen LogP contribution in [0.25, 0.3) is 0 Å². The Hall–Kier alpha value is 3.01. The first-order chi connectivity index (χ1) is 0. The van der Waals surface area contributed by atoms with E-state index in [1.165, 1.54) is 0 Å². The molecule has 38 valence electrons. The predicted octanol–water partition coefficient (Wildman–Crippen LogP) is -1.09. The Kier molecular flexibility index (Phi) is 818. The maximum absolute atomic E-state index is 0. The molecule has 7 heteroatoms. The molecule has 0 rings (SSSR count). The van der Waals surface area contributed by atoms with Crippen molar-refractivity contribution in [2.24, 2.45) is 0 Å². The predicted molar refractivity (Wildman–Crippen MR) is 13.5 cm³/mol. The van der Waals surface area contributed by atoms with Gasteiger partial charge in [-0.1, -0.05) is 0 Å². The fourth-order valence-electron chi connectivity index (χ4n) is 0. The summed E-state index contributed by atoms with van der Waals surface area (Å²) in [7, 11) is 0. The second-order valence-electron chi connectivity index (χ2n) is 0. The maximum Gasteiger partial charge on any atom is 2.00 e. The van der Waals surface area contributed by atoms with Crippen molar-refractivity contribution in [1.82, 2.24) is 0 Å². The van der Waals surface area contributed by atoms with Crippen LogP contribution in [0.5, 0.6) is 0 Å². The average molecular weight is 344 g/mol. The van der Waals surface area contributed by atoms with Crippen molar-refractivity contribution in [2.45, 2.75) is 0 Å². The zero-order valence-corrected chi connectivity index (χ0v) is 12.0. The molecule has 0 aromatic heterocycles. The van der Waals surface area contributed by atoms with Gasteiger partial charge in [0.15, 0.2) is 0 Å². The molecule has 0 unspecified atom stereocenters. The molecule has 4 nitrogen and oxygen atoms in total. The summed E-state index contributed by atoms with van der Waals surface area (Å²) in [5.41, 5.74) is 0. The third-order valence-corrected chi connectivity index (χ3v) is 0. The molecule has 0 aromatic carbocycles. The van der Waals surface area contributed by atoms with Crippen molar-refractivity contribution >= 4 is 48.9 Å². The van der Waals surface area contributed by atoms with Gasteiger partial charge in [0.05, 0.1) is 0 Å². The van der Waals surface area contributed by atoms with E-state index in [9.17, 15) is 0 Å². The molecule has 0 bridgehead atoms. The van der Waals surface area contributed by atoms with Gasteiger partial charge in [-0.05, 0) is 0 Å². The van der Waals surface area contributed by atoms with Crippen LogP contribution in [0.3, 0.4) is 0 Å². The van der Waals surface area contributed by atoms with Gasteiger partial charge in [-0.3, -0.25) is 0 Å². The minimum atomic E-state index is 0. The molecule has 4 N–H and O–H groups in total. The first-order valence-corrected chi connectivity index (χ1v) is 0. The quantitative estimate of drug-likeness (QED) is 0.518. The Bertz CT molecular complexity index is 11.7. The van der Waals surface area contributed by atoms with Crippen LogP contribution in [0, 0.1) is 0 Å². The van der Waals surface area contributed by atoms with Gasteiger partial charge in [-0.2, -0.15) is 0 Å². The Morgan fingerprint density at radius 2 is 0.571 bits per heavy atom. The average Bonchev–Trinajstić information content (AvgIpc) is 0. The Balaban J connectivity index is 0. The molecule has 0 spiro atoms. The first-order valence-electron chi connectivity index (χ1n) is 0. The van der Waals surface area contributed by atoms with Crippen LogP contribution in [0.1, 0.15) is 0 Å². The van der Waals surface area contributed by atoms with E-state index in [4.69, 9.17) is 0 Å². The zero-order chi connectivity index (χ0) is 0. The minimum absolute atomic E-state index is 0. The zero-order valence-electron chi connectivity index (χ0n) is 3.50. The fourth-order valence-corrected chi connectivity index (χ4v) is 0. The van der Waals surface area contributed by atoms with Crippen molar-refractivity contribution in [3.05, 3.63) is 0 Å². The largest absolute Gasteiger partial charge is 2.00 e. The Morgan fingerprint density at radius 3 is 0.571 bits per heavy atom. The summed E-state index contributed by atoms with van der Waals surface area (Å²) in [4.78, 5) is 0.